The number of rotatable bonds is 3. The average molecular weight is 203 g/mol. The molecule has 0 bridgehead atoms. The quantitative estimate of drug-likeness (QED) is 0.782. The van der Waals surface area contributed by atoms with Gasteiger partial charge in [0.25, 0.3) is 0 Å². The number of carboxylic acids is 1. The van der Waals surface area contributed by atoms with Gasteiger partial charge in [0.2, 0.25) is 0 Å². The summed E-state index contributed by atoms with van der Waals surface area (Å²) in [5.74, 6) is -0.214. The summed E-state index contributed by atoms with van der Waals surface area (Å²) < 4.78 is 0. The Morgan fingerprint density at radius 2 is 2.13 bits per heavy atom. The highest BCUT2D eigenvalue weighted by Crippen LogP contribution is 2.13. The molecule has 0 aliphatic rings. The molecule has 0 aliphatic carbocycles. The van der Waals surface area contributed by atoms with E-state index < -0.39 is 5.97 Å². The van der Waals surface area contributed by atoms with E-state index in [4.69, 9.17) is 5.11 Å². The maximum Gasteiger partial charge on any atom is 0.309 e. The molecule has 2 N–H and O–H groups in total. The number of aromatic amines is 1. The normalized spacial score (nSPS) is 10.1. The zero-order chi connectivity index (χ0) is 10.7. The molecule has 0 aromatic carbocycles. The number of nitrogens with zero attached hydrogens (tertiary/aromatic N) is 2. The lowest BCUT2D eigenvalue weighted by atomic mass is 10.2. The van der Waals surface area contributed by atoms with E-state index in [2.05, 4.69) is 15.0 Å². The van der Waals surface area contributed by atoms with Gasteiger partial charge in [0.05, 0.1) is 6.42 Å². The molecular weight excluding hydrogens is 194 g/mol. The zero-order valence-corrected chi connectivity index (χ0v) is 7.84. The molecular formula is C10H9N3O2. The number of hydrogen-bond donors (Lipinski definition) is 2. The third-order valence-corrected chi connectivity index (χ3v) is 1.92. The zero-order valence-electron chi connectivity index (χ0n) is 7.84. The average Bonchev–Trinajstić information content (AvgIpc) is 2.67. The number of pyridine rings is 1. The van der Waals surface area contributed by atoms with E-state index in [9.17, 15) is 4.79 Å². The molecule has 15 heavy (non-hydrogen) atoms. The minimum absolute atomic E-state index is 0.0436. The number of imidazole rings is 1. The second-order valence-electron chi connectivity index (χ2n) is 3.06. The number of aliphatic carboxylic acids is 1. The highest BCUT2D eigenvalue weighted by atomic mass is 16.4. The minimum Gasteiger partial charge on any atom is -0.481 e. The van der Waals surface area contributed by atoms with Crippen LogP contribution in [0.1, 0.15) is 5.69 Å². The minimum atomic E-state index is -0.875. The van der Waals surface area contributed by atoms with Crippen LogP contribution in [0.5, 0.6) is 0 Å². The summed E-state index contributed by atoms with van der Waals surface area (Å²) in [6.45, 7) is 0. The van der Waals surface area contributed by atoms with Gasteiger partial charge >= 0.3 is 5.97 Å². The second kappa shape index (κ2) is 3.91. The third kappa shape index (κ3) is 2.19. The van der Waals surface area contributed by atoms with Crippen LogP contribution in [0.3, 0.4) is 0 Å². The molecule has 0 fully saturated rings. The predicted molar refractivity (Wildman–Crippen MR) is 53.2 cm³/mol. The van der Waals surface area contributed by atoms with Crippen LogP contribution in [-0.2, 0) is 11.2 Å². The van der Waals surface area contributed by atoms with Crippen molar-refractivity contribution in [3.8, 4) is 11.4 Å². The van der Waals surface area contributed by atoms with Crippen molar-refractivity contribution in [1.29, 1.82) is 0 Å². The van der Waals surface area contributed by atoms with Crippen LogP contribution >= 0.6 is 0 Å². The van der Waals surface area contributed by atoms with Gasteiger partial charge in [-0.25, -0.2) is 4.98 Å². The molecule has 2 rings (SSSR count). The number of H-pyrrole nitrogens is 1. The van der Waals surface area contributed by atoms with Crippen LogP contribution < -0.4 is 0 Å². The van der Waals surface area contributed by atoms with Gasteiger partial charge in [-0.3, -0.25) is 9.78 Å². The van der Waals surface area contributed by atoms with E-state index in [1.165, 1.54) is 6.20 Å². The van der Waals surface area contributed by atoms with Gasteiger partial charge < -0.3 is 10.1 Å². The first-order chi connectivity index (χ1) is 7.25. The molecule has 2 heterocycles. The summed E-state index contributed by atoms with van der Waals surface area (Å²) in [4.78, 5) is 21.4. The predicted octanol–water partition coefficient (Wildman–Crippen LogP) is 1.10. The Labute approximate surface area is 85.8 Å². The van der Waals surface area contributed by atoms with Crippen molar-refractivity contribution in [2.45, 2.75) is 6.42 Å². The summed E-state index contributed by atoms with van der Waals surface area (Å²) in [5.41, 5.74) is 1.48. The van der Waals surface area contributed by atoms with E-state index in [1.54, 1.807) is 12.4 Å². The van der Waals surface area contributed by atoms with Crippen LogP contribution in [0.4, 0.5) is 0 Å². The van der Waals surface area contributed by atoms with Gasteiger partial charge in [0.1, 0.15) is 5.82 Å². The number of nitrogens with one attached hydrogen (secondary N) is 1. The standard InChI is InChI=1S/C10H9N3O2/c14-9(15)5-8-6-12-10(13-8)7-1-3-11-4-2-7/h1-4,6H,5H2,(H,12,13)(H,14,15). The SMILES string of the molecule is O=C(O)Cc1cnc(-c2ccncc2)[nH]1. The molecule has 0 saturated heterocycles. The molecule has 0 radical (unpaired) electrons. The largest absolute Gasteiger partial charge is 0.481 e. The Hall–Kier alpha value is -2.17. The van der Waals surface area contributed by atoms with Crippen molar-refractivity contribution in [1.82, 2.24) is 15.0 Å². The van der Waals surface area contributed by atoms with Crippen molar-refractivity contribution in [2.75, 3.05) is 0 Å². The van der Waals surface area contributed by atoms with E-state index in [0.717, 1.165) is 5.56 Å². The van der Waals surface area contributed by atoms with Crippen molar-refractivity contribution < 1.29 is 9.90 Å². The summed E-state index contributed by atoms with van der Waals surface area (Å²) in [6.07, 6.45) is 4.81. The van der Waals surface area contributed by atoms with Gasteiger partial charge in [0, 0.05) is 29.8 Å². The summed E-state index contributed by atoms with van der Waals surface area (Å²) in [6, 6.07) is 3.62. The number of aromatic nitrogens is 3. The Balaban J connectivity index is 2.24. The fourth-order valence-electron chi connectivity index (χ4n) is 1.27. The van der Waals surface area contributed by atoms with Crippen LogP contribution in [0.15, 0.2) is 30.7 Å². The summed E-state index contributed by atoms with van der Waals surface area (Å²) in [5, 5.41) is 8.59. The molecule has 2 aromatic heterocycles. The molecule has 0 aliphatic heterocycles. The molecule has 0 saturated carbocycles. The van der Waals surface area contributed by atoms with Crippen molar-refractivity contribution in [2.24, 2.45) is 0 Å². The lowest BCUT2D eigenvalue weighted by Gasteiger charge is -1.94. The third-order valence-electron chi connectivity index (χ3n) is 1.92. The van der Waals surface area contributed by atoms with Gasteiger partial charge in [-0.2, -0.15) is 0 Å². The highest BCUT2D eigenvalue weighted by molar-refractivity contribution is 5.69. The lowest BCUT2D eigenvalue weighted by molar-refractivity contribution is -0.136. The Morgan fingerprint density at radius 3 is 2.80 bits per heavy atom. The van der Waals surface area contributed by atoms with Crippen molar-refractivity contribution in [3.63, 3.8) is 0 Å². The maximum atomic E-state index is 10.5. The Morgan fingerprint density at radius 1 is 1.40 bits per heavy atom. The van der Waals surface area contributed by atoms with E-state index in [0.29, 0.717) is 11.5 Å². The summed E-state index contributed by atoms with van der Waals surface area (Å²) in [7, 11) is 0. The van der Waals surface area contributed by atoms with Gasteiger partial charge in [0.15, 0.2) is 0 Å². The van der Waals surface area contributed by atoms with E-state index in [1.807, 2.05) is 12.1 Å². The molecule has 0 atom stereocenters. The number of hydrogen-bond acceptors (Lipinski definition) is 3. The Kier molecular flexibility index (Phi) is 2.45. The number of carbonyl (C=O) groups is 1. The van der Waals surface area contributed by atoms with E-state index in [-0.39, 0.29) is 6.42 Å². The molecule has 5 heteroatoms. The first-order valence-corrected chi connectivity index (χ1v) is 4.42. The monoisotopic (exact) mass is 203 g/mol. The molecule has 2 aromatic rings. The molecule has 76 valence electrons. The maximum absolute atomic E-state index is 10.5. The first kappa shape index (κ1) is 9.39. The van der Waals surface area contributed by atoms with Crippen molar-refractivity contribution >= 4 is 5.97 Å². The van der Waals surface area contributed by atoms with Gasteiger partial charge in [-0.1, -0.05) is 0 Å². The molecule has 0 amide bonds. The van der Waals surface area contributed by atoms with Gasteiger partial charge in [-0.15, -0.1) is 0 Å². The topological polar surface area (TPSA) is 78.9 Å². The molecule has 0 unspecified atom stereocenters. The highest BCUT2D eigenvalue weighted by Gasteiger charge is 2.05. The van der Waals surface area contributed by atoms with Crippen LogP contribution in [0.25, 0.3) is 11.4 Å². The Bertz CT molecular complexity index is 465. The van der Waals surface area contributed by atoms with Crippen molar-refractivity contribution in [3.05, 3.63) is 36.4 Å². The first-order valence-electron chi connectivity index (χ1n) is 4.42. The smallest absolute Gasteiger partial charge is 0.309 e. The fraction of sp³-hybridized carbons (Fsp3) is 0.100. The van der Waals surface area contributed by atoms with Crippen LogP contribution in [0.2, 0.25) is 0 Å². The second-order valence-corrected chi connectivity index (χ2v) is 3.06. The van der Waals surface area contributed by atoms with Crippen LogP contribution in [0, 0.1) is 0 Å². The van der Waals surface area contributed by atoms with Gasteiger partial charge in [-0.05, 0) is 12.1 Å². The molecule has 5 nitrogen and oxygen atoms in total. The lowest BCUT2D eigenvalue weighted by Crippen LogP contribution is -1.99. The van der Waals surface area contributed by atoms with Crippen LogP contribution in [-0.4, -0.2) is 26.0 Å². The summed E-state index contributed by atoms with van der Waals surface area (Å²) >= 11 is 0. The fourth-order valence-corrected chi connectivity index (χ4v) is 1.27. The molecule has 0 spiro atoms. The van der Waals surface area contributed by atoms with E-state index >= 15 is 0 Å². The number of carboxylic acid groups (broad SMARTS) is 1.